The lowest BCUT2D eigenvalue weighted by Crippen LogP contribution is -2.22. The Balaban J connectivity index is 1.99. The normalized spacial score (nSPS) is 14.8. The van der Waals surface area contributed by atoms with E-state index in [2.05, 4.69) is 23.8 Å². The molecular formula is C40H46N4O9. The van der Waals surface area contributed by atoms with Crippen molar-refractivity contribution in [2.24, 2.45) is 0 Å². The summed E-state index contributed by atoms with van der Waals surface area (Å²) >= 11 is 0. The van der Waals surface area contributed by atoms with Crippen molar-refractivity contribution in [3.63, 3.8) is 0 Å². The third kappa shape index (κ3) is 7.93. The smallest absolute Gasteiger partial charge is 0.310 e. The fourth-order valence-electron chi connectivity index (χ4n) is 7.09. The third-order valence-corrected chi connectivity index (χ3v) is 10.5. The molecule has 0 amide bonds. The van der Waals surface area contributed by atoms with Crippen molar-refractivity contribution in [2.75, 3.05) is 28.4 Å². The van der Waals surface area contributed by atoms with Gasteiger partial charge in [-0.1, -0.05) is 13.8 Å². The van der Waals surface area contributed by atoms with Gasteiger partial charge in [-0.15, -0.1) is 0 Å². The van der Waals surface area contributed by atoms with Gasteiger partial charge in [0.25, 0.3) is 0 Å². The average molecular weight is 727 g/mol. The zero-order valence-corrected chi connectivity index (χ0v) is 31.5. The molecule has 0 aliphatic carbocycles. The number of esters is 4. The third-order valence-electron chi connectivity index (χ3n) is 10.5. The summed E-state index contributed by atoms with van der Waals surface area (Å²) in [5, 5.41) is 0. The van der Waals surface area contributed by atoms with Gasteiger partial charge in [0.15, 0.2) is 0 Å². The van der Waals surface area contributed by atoms with Crippen LogP contribution in [0.5, 0.6) is 0 Å². The second-order valence-electron chi connectivity index (χ2n) is 13.8. The second-order valence-corrected chi connectivity index (χ2v) is 13.8. The van der Waals surface area contributed by atoms with Crippen molar-refractivity contribution in [2.45, 2.75) is 84.0 Å². The SMILES string of the molecule is COC(=O)CCC1=C(CC(=O)OC)c2cc3[nH]c(cc4nc(cc5[nH]c(cc1n2)c(CCC(=O)OC)c5CC(=O)OC)C(CC=O)C4(C)C)c(C)c3C. The summed E-state index contributed by atoms with van der Waals surface area (Å²) < 4.78 is 20.1. The number of methoxy groups -OCH3 is 4. The van der Waals surface area contributed by atoms with Gasteiger partial charge in [0.1, 0.15) is 6.29 Å². The molecule has 2 aliphatic rings. The zero-order chi connectivity index (χ0) is 38.6. The Morgan fingerprint density at radius 1 is 0.679 bits per heavy atom. The summed E-state index contributed by atoms with van der Waals surface area (Å²) in [7, 11) is 5.24. The molecule has 2 N–H and O–H groups in total. The molecule has 1 atom stereocenters. The van der Waals surface area contributed by atoms with E-state index in [-0.39, 0.29) is 50.9 Å². The number of H-pyrrole nitrogens is 2. The predicted octanol–water partition coefficient (Wildman–Crippen LogP) is 5.83. The first kappa shape index (κ1) is 38.6. The Kier molecular flexibility index (Phi) is 11.6. The summed E-state index contributed by atoms with van der Waals surface area (Å²) in [4.78, 5) is 79.9. The van der Waals surface area contributed by atoms with E-state index in [1.807, 2.05) is 32.0 Å². The van der Waals surface area contributed by atoms with Crippen LogP contribution in [0.15, 0.2) is 24.3 Å². The highest BCUT2D eigenvalue weighted by atomic mass is 16.5. The Morgan fingerprint density at radius 3 is 1.83 bits per heavy atom. The fraction of sp³-hybridized carbons (Fsp3) is 0.425. The van der Waals surface area contributed by atoms with Gasteiger partial charge in [0, 0.05) is 64.1 Å². The highest BCUT2D eigenvalue weighted by molar-refractivity contribution is 6.00. The lowest BCUT2D eigenvalue weighted by molar-refractivity contribution is -0.141. The molecule has 13 nitrogen and oxygen atoms in total. The van der Waals surface area contributed by atoms with Crippen molar-refractivity contribution in [3.8, 4) is 0 Å². The van der Waals surface area contributed by atoms with Crippen LogP contribution in [-0.2, 0) is 61.2 Å². The van der Waals surface area contributed by atoms with Crippen molar-refractivity contribution < 1.29 is 42.9 Å². The maximum absolute atomic E-state index is 12.9. The summed E-state index contributed by atoms with van der Waals surface area (Å²) in [5.41, 5.74) is 9.00. The van der Waals surface area contributed by atoms with Crippen LogP contribution in [0.2, 0.25) is 0 Å². The minimum atomic E-state index is -0.544. The van der Waals surface area contributed by atoms with E-state index in [0.717, 1.165) is 34.1 Å². The molecule has 0 saturated heterocycles. The molecule has 3 aromatic rings. The molecule has 0 radical (unpaired) electrons. The Labute approximate surface area is 307 Å². The molecule has 13 heteroatoms. The van der Waals surface area contributed by atoms with E-state index in [0.29, 0.717) is 50.4 Å². The molecule has 280 valence electrons. The number of nitrogens with zero attached hydrogens (tertiary/aromatic N) is 2. The number of aryl methyl sites for hydroxylation is 3. The number of fused-ring (bicyclic) bond motifs is 8. The average Bonchev–Trinajstić information content (AvgIpc) is 3.78. The first-order valence-electron chi connectivity index (χ1n) is 17.4. The van der Waals surface area contributed by atoms with E-state index >= 15 is 0 Å². The Morgan fingerprint density at radius 2 is 1.21 bits per heavy atom. The maximum atomic E-state index is 12.9. The minimum absolute atomic E-state index is 0.0151. The highest BCUT2D eigenvalue weighted by Crippen LogP contribution is 2.44. The van der Waals surface area contributed by atoms with Crippen LogP contribution in [0.3, 0.4) is 0 Å². The number of carbonyl (C=O) groups excluding carboxylic acids is 5. The van der Waals surface area contributed by atoms with Crippen LogP contribution in [0, 0.1) is 13.8 Å². The van der Waals surface area contributed by atoms with Crippen LogP contribution in [0.25, 0.3) is 33.2 Å². The van der Waals surface area contributed by atoms with E-state index in [1.165, 1.54) is 28.4 Å². The summed E-state index contributed by atoms with van der Waals surface area (Å²) in [6.45, 7) is 8.11. The van der Waals surface area contributed by atoms with E-state index in [9.17, 15) is 24.0 Å². The molecule has 0 aromatic carbocycles. The number of nitrogens with one attached hydrogen (secondary N) is 2. The van der Waals surface area contributed by atoms with E-state index in [1.54, 1.807) is 6.07 Å². The first-order chi connectivity index (χ1) is 25.2. The Bertz CT molecular complexity index is 2170. The first-order valence-corrected chi connectivity index (χ1v) is 17.4. The van der Waals surface area contributed by atoms with Crippen molar-refractivity contribution in [3.05, 3.63) is 69.3 Å². The number of rotatable bonds is 12. The van der Waals surface area contributed by atoms with E-state index in [4.69, 9.17) is 28.9 Å². The Hall–Kier alpha value is -5.59. The molecule has 53 heavy (non-hydrogen) atoms. The molecule has 8 bridgehead atoms. The number of carbonyl (C=O) groups is 5. The number of allylic oxidation sites excluding steroid dienone is 1. The van der Waals surface area contributed by atoms with Gasteiger partial charge in [0.2, 0.25) is 0 Å². The molecular weight excluding hydrogens is 680 g/mol. The molecule has 5 rings (SSSR count). The highest BCUT2D eigenvalue weighted by Gasteiger charge is 2.39. The number of ether oxygens (including phenoxy) is 4. The summed E-state index contributed by atoms with van der Waals surface area (Å²) in [6, 6.07) is 7.53. The van der Waals surface area contributed by atoms with Crippen molar-refractivity contribution in [1.29, 1.82) is 0 Å². The van der Waals surface area contributed by atoms with Crippen LogP contribution >= 0.6 is 0 Å². The van der Waals surface area contributed by atoms with Crippen molar-refractivity contribution in [1.82, 2.24) is 19.9 Å². The minimum Gasteiger partial charge on any atom is -0.469 e. The van der Waals surface area contributed by atoms with Gasteiger partial charge >= 0.3 is 23.9 Å². The topological polar surface area (TPSA) is 180 Å². The van der Waals surface area contributed by atoms with Crippen molar-refractivity contribution >= 4 is 63.4 Å². The largest absolute Gasteiger partial charge is 0.469 e. The number of aromatic amines is 2. The van der Waals surface area contributed by atoms with E-state index < -0.39 is 29.3 Å². The monoisotopic (exact) mass is 726 g/mol. The summed E-state index contributed by atoms with van der Waals surface area (Å²) in [5.74, 6) is -2.13. The molecule has 0 fully saturated rings. The molecule has 5 heterocycles. The molecule has 0 saturated carbocycles. The fourth-order valence-corrected chi connectivity index (χ4v) is 7.09. The quantitative estimate of drug-likeness (QED) is 0.130. The molecule has 0 spiro atoms. The molecule has 1 unspecified atom stereocenters. The number of hydrogen-bond acceptors (Lipinski definition) is 11. The maximum Gasteiger partial charge on any atom is 0.310 e. The van der Waals surface area contributed by atoms with Crippen LogP contribution in [-0.4, -0.2) is 78.5 Å². The second kappa shape index (κ2) is 16.0. The zero-order valence-electron chi connectivity index (χ0n) is 31.5. The summed E-state index contributed by atoms with van der Waals surface area (Å²) in [6.07, 6.45) is 1.32. The van der Waals surface area contributed by atoms with Gasteiger partial charge in [-0.25, -0.2) is 4.98 Å². The van der Waals surface area contributed by atoms with Crippen LogP contribution < -0.4 is 0 Å². The lowest BCUT2D eigenvalue weighted by atomic mass is 9.75. The lowest BCUT2D eigenvalue weighted by Gasteiger charge is -2.25. The van der Waals surface area contributed by atoms with Gasteiger partial charge in [-0.2, -0.15) is 0 Å². The number of aromatic nitrogens is 4. The predicted molar refractivity (Wildman–Crippen MR) is 198 cm³/mol. The number of aldehydes is 1. The van der Waals surface area contributed by atoms with Gasteiger partial charge < -0.3 is 33.7 Å². The van der Waals surface area contributed by atoms with Gasteiger partial charge in [0.05, 0.1) is 52.7 Å². The van der Waals surface area contributed by atoms with Gasteiger partial charge in [-0.05, 0) is 84.4 Å². The van der Waals surface area contributed by atoms with Crippen LogP contribution in [0.1, 0.15) is 96.9 Å². The molecule has 3 aromatic heterocycles. The van der Waals surface area contributed by atoms with Gasteiger partial charge in [-0.3, -0.25) is 24.2 Å². The number of hydrogen-bond donors (Lipinski definition) is 2. The van der Waals surface area contributed by atoms with Crippen LogP contribution in [0.4, 0.5) is 0 Å². The molecule has 2 aliphatic heterocycles. The standard InChI is InChI=1S/C40H46N4O9/c1-21-22(2)29-20-35-40(3,4)27(13-14-45)34(44-35)19-33-26(16-39(49)53-8)24(10-12-37(47)51-6)31(43-33)18-30-23(9-11-36(46)50-5)25(15-38(48)52-7)32(42-30)17-28(21)41-29/h14,17-20,27,41,43H,9-13,15-16H2,1-8H3.